The van der Waals surface area contributed by atoms with Crippen molar-refractivity contribution >= 4 is 23.2 Å². The summed E-state index contributed by atoms with van der Waals surface area (Å²) in [4.78, 5) is 11.1. The molecule has 0 N–H and O–H groups in total. The zero-order valence-electron chi connectivity index (χ0n) is 9.59. The van der Waals surface area contributed by atoms with Gasteiger partial charge in [-0.15, -0.1) is 0 Å². The van der Waals surface area contributed by atoms with Crippen LogP contribution in [-0.2, 0) is 0 Å². The lowest BCUT2D eigenvalue weighted by Crippen LogP contribution is -1.97. The molecule has 1 aromatic heterocycles. The van der Waals surface area contributed by atoms with Gasteiger partial charge < -0.3 is 9.47 Å². The largest absolute Gasteiger partial charge is 0.493 e. The molecule has 0 atom stereocenters. The second-order valence-electron chi connectivity index (χ2n) is 3.24. The molecule has 1 heterocycles. The number of rotatable bonds is 3. The Balaban J connectivity index is 2.35. The van der Waals surface area contributed by atoms with Gasteiger partial charge in [0.2, 0.25) is 10.6 Å². The Morgan fingerprint density at radius 2 is 1.79 bits per heavy atom. The van der Waals surface area contributed by atoms with Crippen LogP contribution in [0.5, 0.6) is 17.5 Å². The lowest BCUT2D eigenvalue weighted by Gasteiger charge is -2.08. The van der Waals surface area contributed by atoms with Crippen LogP contribution in [0.4, 0.5) is 0 Å². The summed E-state index contributed by atoms with van der Waals surface area (Å²) in [6.07, 6.45) is 0. The Bertz CT molecular complexity index is 637. The minimum absolute atomic E-state index is 0.0620. The molecule has 0 bridgehead atoms. The topological polar surface area (TPSA) is 80.9 Å². The molecule has 2 rings (SSSR count). The van der Waals surface area contributed by atoms with Gasteiger partial charge >= 0.3 is 6.01 Å². The summed E-state index contributed by atoms with van der Waals surface area (Å²) in [5.74, 6) is 0.701. The first-order valence-corrected chi connectivity index (χ1v) is 5.71. The first kappa shape index (κ1) is 13.3. The molecular weight excluding hydrogens is 291 g/mol. The van der Waals surface area contributed by atoms with Crippen molar-refractivity contribution in [3.63, 3.8) is 0 Å². The van der Waals surface area contributed by atoms with E-state index in [1.54, 1.807) is 12.1 Å². The SMILES string of the molecule is COc1cc(C#N)ccc1Oc1nc(Cl)nc(Cl)n1. The molecule has 0 aliphatic heterocycles. The maximum atomic E-state index is 8.80. The van der Waals surface area contributed by atoms with Gasteiger partial charge in [-0.2, -0.15) is 20.2 Å². The van der Waals surface area contributed by atoms with E-state index in [1.807, 2.05) is 6.07 Å². The van der Waals surface area contributed by atoms with Crippen molar-refractivity contribution in [2.75, 3.05) is 7.11 Å². The van der Waals surface area contributed by atoms with E-state index in [4.69, 9.17) is 37.9 Å². The van der Waals surface area contributed by atoms with Crippen LogP contribution in [0.15, 0.2) is 18.2 Å². The zero-order valence-corrected chi connectivity index (χ0v) is 11.1. The summed E-state index contributed by atoms with van der Waals surface area (Å²) in [7, 11) is 1.46. The molecule has 8 heteroatoms. The molecule has 0 aliphatic rings. The molecule has 0 saturated heterocycles. The molecule has 0 saturated carbocycles. The second-order valence-corrected chi connectivity index (χ2v) is 3.91. The van der Waals surface area contributed by atoms with Crippen LogP contribution in [0.2, 0.25) is 10.6 Å². The Morgan fingerprint density at radius 1 is 1.11 bits per heavy atom. The number of halogens is 2. The fraction of sp³-hybridized carbons (Fsp3) is 0.0909. The quantitative estimate of drug-likeness (QED) is 0.866. The van der Waals surface area contributed by atoms with Gasteiger partial charge in [-0.3, -0.25) is 0 Å². The van der Waals surface area contributed by atoms with E-state index >= 15 is 0 Å². The Hall–Kier alpha value is -2.10. The van der Waals surface area contributed by atoms with E-state index in [0.29, 0.717) is 17.1 Å². The highest BCUT2D eigenvalue weighted by molar-refractivity contribution is 6.31. The third-order valence-corrected chi connectivity index (χ3v) is 2.39. The first-order chi connectivity index (χ1) is 9.12. The number of hydrogen-bond donors (Lipinski definition) is 0. The second kappa shape index (κ2) is 5.69. The number of aromatic nitrogens is 3. The first-order valence-electron chi connectivity index (χ1n) is 4.95. The summed E-state index contributed by atoms with van der Waals surface area (Å²) in [6.45, 7) is 0. The van der Waals surface area contributed by atoms with Crippen LogP contribution in [-0.4, -0.2) is 22.1 Å². The minimum atomic E-state index is -0.0809. The number of nitriles is 1. The standard InChI is InChI=1S/C11H6Cl2N4O2/c1-18-8-4-6(5-14)2-3-7(8)19-11-16-9(12)15-10(13)17-11/h2-4H,1H3. The fourth-order valence-electron chi connectivity index (χ4n) is 1.27. The van der Waals surface area contributed by atoms with Gasteiger partial charge in [-0.05, 0) is 35.3 Å². The van der Waals surface area contributed by atoms with Crippen molar-refractivity contribution < 1.29 is 9.47 Å². The zero-order chi connectivity index (χ0) is 13.8. The average Bonchev–Trinajstić information content (AvgIpc) is 2.38. The molecule has 19 heavy (non-hydrogen) atoms. The molecule has 0 aliphatic carbocycles. The predicted octanol–water partition coefficient (Wildman–Crippen LogP) is 2.85. The molecule has 0 fully saturated rings. The predicted molar refractivity (Wildman–Crippen MR) is 67.6 cm³/mol. The van der Waals surface area contributed by atoms with E-state index in [2.05, 4.69) is 15.0 Å². The normalized spacial score (nSPS) is 9.79. The monoisotopic (exact) mass is 296 g/mol. The molecular formula is C11H6Cl2N4O2. The van der Waals surface area contributed by atoms with E-state index < -0.39 is 0 Å². The molecule has 1 aromatic carbocycles. The third kappa shape index (κ3) is 3.22. The van der Waals surface area contributed by atoms with Gasteiger partial charge in [0, 0.05) is 6.07 Å². The molecule has 96 valence electrons. The van der Waals surface area contributed by atoms with Gasteiger partial charge in [0.1, 0.15) is 0 Å². The number of methoxy groups -OCH3 is 1. The Morgan fingerprint density at radius 3 is 2.37 bits per heavy atom. The molecule has 0 spiro atoms. The van der Waals surface area contributed by atoms with Crippen LogP contribution < -0.4 is 9.47 Å². The molecule has 0 radical (unpaired) electrons. The summed E-state index contributed by atoms with van der Waals surface area (Å²) in [5.41, 5.74) is 0.441. The lowest BCUT2D eigenvalue weighted by atomic mass is 10.2. The maximum Gasteiger partial charge on any atom is 0.327 e. The Labute approximate surface area is 118 Å². The van der Waals surface area contributed by atoms with E-state index in [0.717, 1.165) is 0 Å². The van der Waals surface area contributed by atoms with Crippen LogP contribution in [0.1, 0.15) is 5.56 Å². The minimum Gasteiger partial charge on any atom is -0.493 e. The highest BCUT2D eigenvalue weighted by Crippen LogP contribution is 2.31. The lowest BCUT2D eigenvalue weighted by molar-refractivity contribution is 0.367. The van der Waals surface area contributed by atoms with Crippen LogP contribution in [0.25, 0.3) is 0 Å². The van der Waals surface area contributed by atoms with Crippen molar-refractivity contribution in [3.8, 4) is 23.6 Å². The molecule has 0 amide bonds. The van der Waals surface area contributed by atoms with Crippen molar-refractivity contribution in [1.82, 2.24) is 15.0 Å². The van der Waals surface area contributed by atoms with Crippen molar-refractivity contribution in [1.29, 1.82) is 5.26 Å². The van der Waals surface area contributed by atoms with Gasteiger partial charge in [-0.1, -0.05) is 0 Å². The van der Waals surface area contributed by atoms with E-state index in [1.165, 1.54) is 13.2 Å². The van der Waals surface area contributed by atoms with Crippen molar-refractivity contribution in [3.05, 3.63) is 34.3 Å². The summed E-state index contributed by atoms with van der Waals surface area (Å²) < 4.78 is 10.5. The molecule has 6 nitrogen and oxygen atoms in total. The van der Waals surface area contributed by atoms with Gasteiger partial charge in [0.15, 0.2) is 11.5 Å². The maximum absolute atomic E-state index is 8.80. The van der Waals surface area contributed by atoms with Crippen molar-refractivity contribution in [2.24, 2.45) is 0 Å². The summed E-state index contributed by atoms with van der Waals surface area (Å²) in [6, 6.07) is 6.59. The van der Waals surface area contributed by atoms with E-state index in [9.17, 15) is 0 Å². The molecule has 2 aromatic rings. The van der Waals surface area contributed by atoms with Gasteiger partial charge in [0.25, 0.3) is 0 Å². The third-order valence-electron chi connectivity index (χ3n) is 2.05. The summed E-state index contributed by atoms with van der Waals surface area (Å²) in [5, 5.41) is 8.63. The van der Waals surface area contributed by atoms with Crippen LogP contribution in [0.3, 0.4) is 0 Å². The van der Waals surface area contributed by atoms with Gasteiger partial charge in [-0.25, -0.2) is 0 Å². The number of hydrogen-bond acceptors (Lipinski definition) is 6. The smallest absolute Gasteiger partial charge is 0.327 e. The van der Waals surface area contributed by atoms with Crippen molar-refractivity contribution in [2.45, 2.75) is 0 Å². The fourth-order valence-corrected chi connectivity index (χ4v) is 1.62. The van der Waals surface area contributed by atoms with Crippen LogP contribution in [0, 0.1) is 11.3 Å². The van der Waals surface area contributed by atoms with E-state index in [-0.39, 0.29) is 16.6 Å². The highest BCUT2D eigenvalue weighted by Gasteiger charge is 2.10. The van der Waals surface area contributed by atoms with Gasteiger partial charge in [0.05, 0.1) is 18.7 Å². The number of benzene rings is 1. The number of nitrogens with zero attached hydrogens (tertiary/aromatic N) is 4. The summed E-state index contributed by atoms with van der Waals surface area (Å²) >= 11 is 11.3. The average molecular weight is 297 g/mol. The highest BCUT2D eigenvalue weighted by atomic mass is 35.5. The molecule has 0 unspecified atom stereocenters. The van der Waals surface area contributed by atoms with Crippen LogP contribution >= 0.6 is 23.2 Å². The Kier molecular flexibility index (Phi) is 4.00. The number of ether oxygens (including phenoxy) is 2.